The van der Waals surface area contributed by atoms with E-state index in [0.29, 0.717) is 23.5 Å². The van der Waals surface area contributed by atoms with Crippen molar-refractivity contribution in [3.8, 4) is 0 Å². The van der Waals surface area contributed by atoms with E-state index in [-0.39, 0.29) is 17.0 Å². The molecule has 2 aromatic carbocycles. The lowest BCUT2D eigenvalue weighted by atomic mass is 9.96. The van der Waals surface area contributed by atoms with Crippen molar-refractivity contribution >= 4 is 28.2 Å². The number of carbonyl (C=O) groups excluding carboxylic acids is 1. The molecule has 2 aliphatic rings. The van der Waals surface area contributed by atoms with Gasteiger partial charge < -0.3 is 9.80 Å². The van der Waals surface area contributed by atoms with Crippen molar-refractivity contribution in [2.24, 2.45) is 0 Å². The SMILES string of the molecule is CC[C@H]1CCCCN1c1ccc2c(c1)CCCN2C(=O)c1n[nH]c2ccccc2c1=O. The van der Waals surface area contributed by atoms with Crippen LogP contribution in [0.25, 0.3) is 10.9 Å². The van der Waals surface area contributed by atoms with Gasteiger partial charge in [-0.25, -0.2) is 0 Å². The van der Waals surface area contributed by atoms with E-state index in [9.17, 15) is 9.59 Å². The van der Waals surface area contributed by atoms with E-state index in [1.165, 1.54) is 30.5 Å². The van der Waals surface area contributed by atoms with Gasteiger partial charge in [-0.05, 0) is 74.4 Å². The summed E-state index contributed by atoms with van der Waals surface area (Å²) in [5.74, 6) is -0.329. The first-order chi connectivity index (χ1) is 15.2. The number of carbonyl (C=O) groups is 1. The maximum absolute atomic E-state index is 13.3. The lowest BCUT2D eigenvalue weighted by Gasteiger charge is -2.38. The Balaban J connectivity index is 1.49. The Kier molecular flexibility index (Phi) is 5.22. The van der Waals surface area contributed by atoms with Crippen molar-refractivity contribution in [1.82, 2.24) is 10.2 Å². The molecule has 0 saturated carbocycles. The molecule has 1 amide bonds. The van der Waals surface area contributed by atoms with Gasteiger partial charge in [0.1, 0.15) is 0 Å². The predicted octanol–water partition coefficient (Wildman–Crippen LogP) is 4.29. The molecular weight excluding hydrogens is 388 g/mol. The third-order valence-corrected chi connectivity index (χ3v) is 6.73. The highest BCUT2D eigenvalue weighted by Crippen LogP contribution is 2.34. The number of para-hydroxylation sites is 1. The standard InChI is InChI=1S/C25H28N4O2/c1-2-18-9-5-6-14-28(18)19-12-13-22-17(16-19)8-7-15-29(22)25(31)23-24(30)20-10-3-4-11-21(20)26-27-23/h3-4,10-13,16,18H,2,5-9,14-15H2,1H3,(H,26,30)/t18-/m0/s1. The number of hydrogen-bond acceptors (Lipinski definition) is 4. The first-order valence-corrected chi connectivity index (χ1v) is 11.4. The summed E-state index contributed by atoms with van der Waals surface area (Å²) in [6.07, 6.45) is 6.75. The Morgan fingerprint density at radius 1 is 1.13 bits per heavy atom. The molecule has 160 valence electrons. The van der Waals surface area contributed by atoms with E-state index in [1.54, 1.807) is 23.1 Å². The Labute approximate surface area is 181 Å². The first-order valence-electron chi connectivity index (χ1n) is 11.4. The largest absolute Gasteiger partial charge is 0.369 e. The number of anilines is 2. The third-order valence-electron chi connectivity index (χ3n) is 6.73. The van der Waals surface area contributed by atoms with Gasteiger partial charge in [-0.2, -0.15) is 5.10 Å². The van der Waals surface area contributed by atoms with Crippen LogP contribution < -0.4 is 15.2 Å². The molecule has 0 radical (unpaired) electrons. The third kappa shape index (κ3) is 3.50. The number of amides is 1. The molecule has 1 fully saturated rings. The van der Waals surface area contributed by atoms with Crippen LogP contribution >= 0.6 is 0 Å². The first kappa shape index (κ1) is 19.8. The monoisotopic (exact) mass is 416 g/mol. The minimum atomic E-state index is -0.329. The molecule has 2 aliphatic heterocycles. The number of aryl methyl sites for hydroxylation is 1. The lowest BCUT2D eigenvalue weighted by molar-refractivity contribution is 0.0978. The molecule has 5 rings (SSSR count). The summed E-state index contributed by atoms with van der Waals surface area (Å²) in [6.45, 7) is 3.95. The van der Waals surface area contributed by atoms with Crippen molar-refractivity contribution < 1.29 is 4.79 Å². The van der Waals surface area contributed by atoms with Crippen molar-refractivity contribution in [3.05, 3.63) is 63.9 Å². The maximum atomic E-state index is 13.3. The molecule has 0 spiro atoms. The highest BCUT2D eigenvalue weighted by atomic mass is 16.2. The topological polar surface area (TPSA) is 69.3 Å². The molecule has 1 saturated heterocycles. The number of hydrogen-bond donors (Lipinski definition) is 1. The van der Waals surface area contributed by atoms with Crippen LogP contribution in [-0.4, -0.2) is 35.2 Å². The Morgan fingerprint density at radius 2 is 2.00 bits per heavy atom. The summed E-state index contributed by atoms with van der Waals surface area (Å²) in [6, 6.07) is 14.2. The van der Waals surface area contributed by atoms with Gasteiger partial charge >= 0.3 is 0 Å². The second-order valence-corrected chi connectivity index (χ2v) is 8.57. The maximum Gasteiger partial charge on any atom is 0.282 e. The number of fused-ring (bicyclic) bond motifs is 2. The van der Waals surface area contributed by atoms with E-state index < -0.39 is 0 Å². The minimum absolute atomic E-state index is 0.0438. The fourth-order valence-corrected chi connectivity index (χ4v) is 5.08. The normalized spacial score (nSPS) is 18.8. The summed E-state index contributed by atoms with van der Waals surface area (Å²) >= 11 is 0. The molecule has 3 aromatic rings. The Hall–Kier alpha value is -3.15. The number of aromatic nitrogens is 2. The van der Waals surface area contributed by atoms with Gasteiger partial charge in [0.15, 0.2) is 5.69 Å². The predicted molar refractivity (Wildman–Crippen MR) is 124 cm³/mol. The highest BCUT2D eigenvalue weighted by molar-refractivity contribution is 6.06. The zero-order valence-electron chi connectivity index (χ0n) is 17.9. The average molecular weight is 417 g/mol. The number of H-pyrrole nitrogens is 1. The van der Waals surface area contributed by atoms with Gasteiger partial charge in [-0.15, -0.1) is 0 Å². The van der Waals surface area contributed by atoms with Crippen LogP contribution in [0.2, 0.25) is 0 Å². The van der Waals surface area contributed by atoms with Crippen molar-refractivity contribution in [3.63, 3.8) is 0 Å². The summed E-state index contributed by atoms with van der Waals surface area (Å²) < 4.78 is 0. The second kappa shape index (κ2) is 8.17. The number of nitrogens with zero attached hydrogens (tertiary/aromatic N) is 3. The second-order valence-electron chi connectivity index (χ2n) is 8.57. The highest BCUT2D eigenvalue weighted by Gasteiger charge is 2.28. The molecule has 3 heterocycles. The smallest absolute Gasteiger partial charge is 0.282 e. The summed E-state index contributed by atoms with van der Waals surface area (Å²) in [4.78, 5) is 30.5. The molecule has 31 heavy (non-hydrogen) atoms. The Bertz CT molecular complexity index is 1190. The molecule has 0 unspecified atom stereocenters. The van der Waals surface area contributed by atoms with Crippen LogP contribution in [0.1, 0.15) is 55.1 Å². The van der Waals surface area contributed by atoms with Crippen molar-refractivity contribution in [2.45, 2.75) is 51.5 Å². The molecular formula is C25H28N4O2. The lowest BCUT2D eigenvalue weighted by Crippen LogP contribution is -2.40. The molecule has 1 atom stereocenters. The molecule has 6 nitrogen and oxygen atoms in total. The van der Waals surface area contributed by atoms with Crippen LogP contribution in [-0.2, 0) is 6.42 Å². The van der Waals surface area contributed by atoms with Gasteiger partial charge in [0.2, 0.25) is 5.43 Å². The number of piperidine rings is 1. The van der Waals surface area contributed by atoms with Crippen LogP contribution in [0.5, 0.6) is 0 Å². The van der Waals surface area contributed by atoms with E-state index in [1.807, 2.05) is 6.07 Å². The zero-order chi connectivity index (χ0) is 21.4. The summed E-state index contributed by atoms with van der Waals surface area (Å²) in [5, 5.41) is 7.48. The van der Waals surface area contributed by atoms with Crippen molar-refractivity contribution in [2.75, 3.05) is 22.9 Å². The fourth-order valence-electron chi connectivity index (χ4n) is 5.08. The van der Waals surface area contributed by atoms with E-state index in [4.69, 9.17) is 0 Å². The van der Waals surface area contributed by atoms with Gasteiger partial charge in [-0.3, -0.25) is 14.7 Å². The molecule has 1 N–H and O–H groups in total. The summed E-state index contributed by atoms with van der Waals surface area (Å²) in [5.41, 5.74) is 3.61. The van der Waals surface area contributed by atoms with Crippen LogP contribution in [0.15, 0.2) is 47.3 Å². The number of nitrogens with one attached hydrogen (secondary N) is 1. The van der Waals surface area contributed by atoms with E-state index >= 15 is 0 Å². The van der Waals surface area contributed by atoms with Gasteiger partial charge in [0.25, 0.3) is 5.91 Å². The minimum Gasteiger partial charge on any atom is -0.369 e. The van der Waals surface area contributed by atoms with Crippen molar-refractivity contribution in [1.29, 1.82) is 0 Å². The average Bonchev–Trinajstić information content (AvgIpc) is 2.83. The number of aromatic amines is 1. The fraction of sp³-hybridized carbons (Fsp3) is 0.400. The van der Waals surface area contributed by atoms with Crippen LogP contribution in [0.3, 0.4) is 0 Å². The summed E-state index contributed by atoms with van der Waals surface area (Å²) in [7, 11) is 0. The van der Waals surface area contributed by atoms with E-state index in [0.717, 1.165) is 31.5 Å². The van der Waals surface area contributed by atoms with E-state index in [2.05, 4.69) is 40.2 Å². The van der Waals surface area contributed by atoms with Gasteiger partial charge in [0.05, 0.1) is 5.52 Å². The zero-order valence-corrected chi connectivity index (χ0v) is 17.9. The quantitative estimate of drug-likeness (QED) is 0.692. The molecule has 0 aliphatic carbocycles. The number of rotatable bonds is 3. The Morgan fingerprint density at radius 3 is 2.87 bits per heavy atom. The molecule has 1 aromatic heterocycles. The molecule has 0 bridgehead atoms. The van der Waals surface area contributed by atoms with Gasteiger partial charge in [-0.1, -0.05) is 19.1 Å². The van der Waals surface area contributed by atoms with Crippen LogP contribution in [0.4, 0.5) is 11.4 Å². The molecule has 6 heteroatoms. The van der Waals surface area contributed by atoms with Gasteiger partial charge in [0, 0.05) is 35.9 Å². The number of benzene rings is 2. The van der Waals surface area contributed by atoms with Crippen LogP contribution in [0, 0.1) is 0 Å².